The first-order valence-corrected chi connectivity index (χ1v) is 6.35. The first kappa shape index (κ1) is 13.0. The molecular formula is C8H10ClN2O4P. The molecule has 0 aliphatic heterocycles. The standard InChI is InChI=1S/C8H10ClN2O4P/c9-6-3-1-2-5(7(6)10)8(12)11-4-16(13,14)15/h1-3H,4,10H2,(H,11,12)(H2,13,14,15). The van der Waals surface area contributed by atoms with Crippen LogP contribution in [0.1, 0.15) is 10.4 Å². The second-order valence-corrected chi connectivity index (χ2v) is 5.08. The zero-order valence-electron chi connectivity index (χ0n) is 8.05. The number of carbonyl (C=O) groups is 1. The Balaban J connectivity index is 2.82. The predicted octanol–water partition coefficient (Wildman–Crippen LogP) is 0.787. The van der Waals surface area contributed by atoms with Crippen LogP contribution in [0, 0.1) is 0 Å². The SMILES string of the molecule is Nc1c(Cl)cccc1C(=O)NCP(=O)(O)O. The van der Waals surface area contributed by atoms with E-state index in [0.29, 0.717) is 0 Å². The van der Waals surface area contributed by atoms with Crippen molar-refractivity contribution in [3.05, 3.63) is 28.8 Å². The van der Waals surface area contributed by atoms with Crippen molar-refractivity contribution in [2.45, 2.75) is 0 Å². The van der Waals surface area contributed by atoms with Crippen LogP contribution < -0.4 is 11.1 Å². The molecule has 0 bridgehead atoms. The molecule has 6 nitrogen and oxygen atoms in total. The van der Waals surface area contributed by atoms with Crippen LogP contribution in [0.25, 0.3) is 0 Å². The molecule has 0 aromatic heterocycles. The molecule has 88 valence electrons. The Bertz CT molecular complexity index is 459. The Morgan fingerprint density at radius 2 is 2.12 bits per heavy atom. The summed E-state index contributed by atoms with van der Waals surface area (Å²) in [5.41, 5.74) is 5.70. The van der Waals surface area contributed by atoms with Crippen LogP contribution in [0.5, 0.6) is 0 Å². The van der Waals surface area contributed by atoms with Gasteiger partial charge < -0.3 is 20.8 Å². The molecule has 0 radical (unpaired) electrons. The van der Waals surface area contributed by atoms with Gasteiger partial charge >= 0.3 is 7.60 Å². The minimum absolute atomic E-state index is 0.0763. The van der Waals surface area contributed by atoms with Gasteiger partial charge in [-0.3, -0.25) is 9.36 Å². The summed E-state index contributed by atoms with van der Waals surface area (Å²) >= 11 is 5.69. The number of halogens is 1. The minimum atomic E-state index is -4.27. The molecule has 16 heavy (non-hydrogen) atoms. The minimum Gasteiger partial charge on any atom is -0.397 e. The molecule has 0 fully saturated rings. The van der Waals surface area contributed by atoms with Crippen molar-refractivity contribution >= 4 is 30.8 Å². The van der Waals surface area contributed by atoms with Crippen molar-refractivity contribution in [3.63, 3.8) is 0 Å². The van der Waals surface area contributed by atoms with Crippen LogP contribution >= 0.6 is 19.2 Å². The third kappa shape index (κ3) is 3.50. The van der Waals surface area contributed by atoms with Gasteiger partial charge in [0.2, 0.25) is 0 Å². The number of hydrogen-bond donors (Lipinski definition) is 4. The fourth-order valence-corrected chi connectivity index (χ4v) is 1.53. The number of amides is 1. The molecule has 5 N–H and O–H groups in total. The van der Waals surface area contributed by atoms with Gasteiger partial charge in [-0.1, -0.05) is 17.7 Å². The van der Waals surface area contributed by atoms with Gasteiger partial charge in [-0.05, 0) is 12.1 Å². The second-order valence-electron chi connectivity index (χ2n) is 3.03. The van der Waals surface area contributed by atoms with E-state index < -0.39 is 19.8 Å². The van der Waals surface area contributed by atoms with Crippen molar-refractivity contribution in [3.8, 4) is 0 Å². The molecule has 0 heterocycles. The molecule has 1 rings (SSSR count). The number of nitrogens with one attached hydrogen (secondary N) is 1. The zero-order valence-corrected chi connectivity index (χ0v) is 9.70. The second kappa shape index (κ2) is 4.84. The van der Waals surface area contributed by atoms with E-state index in [1.165, 1.54) is 18.2 Å². The number of hydrogen-bond acceptors (Lipinski definition) is 3. The van der Waals surface area contributed by atoms with E-state index in [1.54, 1.807) is 0 Å². The lowest BCUT2D eigenvalue weighted by Crippen LogP contribution is -2.25. The summed E-state index contributed by atoms with van der Waals surface area (Å²) in [6.07, 6.45) is -0.738. The maximum Gasteiger partial charge on any atom is 0.344 e. The number of anilines is 1. The summed E-state index contributed by atoms with van der Waals surface area (Å²) in [6.45, 7) is 0. The largest absolute Gasteiger partial charge is 0.397 e. The molecule has 0 aliphatic rings. The fraction of sp³-hybridized carbons (Fsp3) is 0.125. The Labute approximate surface area is 96.6 Å². The van der Waals surface area contributed by atoms with Crippen LogP contribution in [-0.2, 0) is 4.57 Å². The molecule has 8 heteroatoms. The van der Waals surface area contributed by atoms with E-state index in [-0.39, 0.29) is 16.3 Å². The molecule has 0 saturated carbocycles. The first-order valence-electron chi connectivity index (χ1n) is 4.18. The predicted molar refractivity (Wildman–Crippen MR) is 60.2 cm³/mol. The van der Waals surface area contributed by atoms with Gasteiger partial charge in [0.25, 0.3) is 5.91 Å². The van der Waals surface area contributed by atoms with Crippen LogP contribution in [0.3, 0.4) is 0 Å². The summed E-state index contributed by atoms with van der Waals surface area (Å²) in [7, 11) is -4.27. The monoisotopic (exact) mass is 264 g/mol. The van der Waals surface area contributed by atoms with Gasteiger partial charge in [0.05, 0.1) is 16.3 Å². The van der Waals surface area contributed by atoms with Gasteiger partial charge in [-0.25, -0.2) is 0 Å². The van der Waals surface area contributed by atoms with E-state index in [9.17, 15) is 9.36 Å². The van der Waals surface area contributed by atoms with Gasteiger partial charge in [-0.2, -0.15) is 0 Å². The Kier molecular flexibility index (Phi) is 3.93. The van der Waals surface area contributed by atoms with Crippen LogP contribution in [0.2, 0.25) is 5.02 Å². The van der Waals surface area contributed by atoms with E-state index in [2.05, 4.69) is 5.32 Å². The molecule has 0 unspecified atom stereocenters. The number of benzene rings is 1. The van der Waals surface area contributed by atoms with Gasteiger partial charge in [0.1, 0.15) is 6.29 Å². The third-order valence-corrected chi connectivity index (χ3v) is 2.64. The highest BCUT2D eigenvalue weighted by Crippen LogP contribution is 2.32. The Morgan fingerprint density at radius 3 is 2.69 bits per heavy atom. The van der Waals surface area contributed by atoms with E-state index in [1.807, 2.05) is 0 Å². The van der Waals surface area contributed by atoms with Crippen molar-refractivity contribution in [2.75, 3.05) is 12.0 Å². The molecule has 0 aliphatic carbocycles. The molecule has 1 aromatic rings. The van der Waals surface area contributed by atoms with E-state index in [0.717, 1.165) is 0 Å². The summed E-state index contributed by atoms with van der Waals surface area (Å²) in [5.74, 6) is -0.677. The topological polar surface area (TPSA) is 113 Å². The van der Waals surface area contributed by atoms with Crippen LogP contribution in [0.15, 0.2) is 18.2 Å². The highest BCUT2D eigenvalue weighted by molar-refractivity contribution is 7.51. The third-order valence-electron chi connectivity index (χ3n) is 1.74. The van der Waals surface area contributed by atoms with E-state index in [4.69, 9.17) is 27.1 Å². The number of rotatable bonds is 3. The Hall–Kier alpha value is -1.07. The zero-order chi connectivity index (χ0) is 12.3. The van der Waals surface area contributed by atoms with Crippen molar-refractivity contribution in [2.24, 2.45) is 0 Å². The van der Waals surface area contributed by atoms with Gasteiger partial charge in [-0.15, -0.1) is 0 Å². The molecule has 1 aromatic carbocycles. The average molecular weight is 265 g/mol. The van der Waals surface area contributed by atoms with Crippen molar-refractivity contribution < 1.29 is 19.1 Å². The van der Waals surface area contributed by atoms with Gasteiger partial charge in [0.15, 0.2) is 0 Å². The first-order chi connectivity index (χ1) is 7.31. The summed E-state index contributed by atoms with van der Waals surface area (Å²) in [5, 5.41) is 2.28. The van der Waals surface area contributed by atoms with Crippen LogP contribution in [-0.4, -0.2) is 22.0 Å². The molecule has 0 spiro atoms. The molecule has 1 amide bonds. The normalized spacial score (nSPS) is 11.2. The summed E-state index contributed by atoms with van der Waals surface area (Å²) < 4.78 is 10.5. The average Bonchev–Trinajstić information content (AvgIpc) is 2.17. The maximum absolute atomic E-state index is 11.5. The molecule has 0 saturated heterocycles. The highest BCUT2D eigenvalue weighted by atomic mass is 35.5. The van der Waals surface area contributed by atoms with Gasteiger partial charge in [0, 0.05) is 0 Å². The number of nitrogen functional groups attached to an aromatic ring is 1. The maximum atomic E-state index is 11.5. The smallest absolute Gasteiger partial charge is 0.344 e. The quantitative estimate of drug-likeness (QED) is 0.476. The van der Waals surface area contributed by atoms with E-state index >= 15 is 0 Å². The molecular weight excluding hydrogens is 255 g/mol. The number of carbonyl (C=O) groups excluding carboxylic acids is 1. The van der Waals surface area contributed by atoms with Crippen molar-refractivity contribution in [1.29, 1.82) is 0 Å². The molecule has 0 atom stereocenters. The highest BCUT2D eigenvalue weighted by Gasteiger charge is 2.17. The lowest BCUT2D eigenvalue weighted by atomic mass is 10.2. The lowest BCUT2D eigenvalue weighted by Gasteiger charge is -2.09. The van der Waals surface area contributed by atoms with Crippen LogP contribution in [0.4, 0.5) is 5.69 Å². The summed E-state index contributed by atoms with van der Waals surface area (Å²) in [4.78, 5) is 28.6. The Morgan fingerprint density at radius 1 is 1.50 bits per heavy atom. The lowest BCUT2D eigenvalue weighted by molar-refractivity contribution is 0.0958. The van der Waals surface area contributed by atoms with Crippen molar-refractivity contribution in [1.82, 2.24) is 5.32 Å². The number of para-hydroxylation sites is 1. The summed E-state index contributed by atoms with van der Waals surface area (Å²) in [6, 6.07) is 4.44. The number of nitrogens with two attached hydrogens (primary N) is 1. The fourth-order valence-electron chi connectivity index (χ4n) is 1.01.